The van der Waals surface area contributed by atoms with E-state index in [0.29, 0.717) is 23.2 Å². The highest BCUT2D eigenvalue weighted by atomic mass is 35.5. The Bertz CT molecular complexity index is 1080. The van der Waals surface area contributed by atoms with Crippen LogP contribution in [0, 0.1) is 18.6 Å². The number of carbonyl (C=O) groups is 1. The second kappa shape index (κ2) is 13.3. The summed E-state index contributed by atoms with van der Waals surface area (Å²) in [6, 6.07) is 8.28. The van der Waals surface area contributed by atoms with Crippen molar-refractivity contribution in [2.75, 3.05) is 26.3 Å². The van der Waals surface area contributed by atoms with Gasteiger partial charge < -0.3 is 14.6 Å². The van der Waals surface area contributed by atoms with Gasteiger partial charge in [-0.1, -0.05) is 23.7 Å². The minimum atomic E-state index is -0.751. The summed E-state index contributed by atoms with van der Waals surface area (Å²) in [6.45, 7) is 6.79. The zero-order valence-electron chi connectivity index (χ0n) is 21.0. The minimum absolute atomic E-state index is 0.0504. The number of rotatable bonds is 11. The lowest BCUT2D eigenvalue weighted by Crippen LogP contribution is -2.39. The summed E-state index contributed by atoms with van der Waals surface area (Å²) in [5, 5.41) is 10.6. The van der Waals surface area contributed by atoms with Gasteiger partial charge in [-0.3, -0.25) is 4.90 Å². The van der Waals surface area contributed by atoms with Gasteiger partial charge in [0.05, 0.1) is 30.4 Å². The van der Waals surface area contributed by atoms with Gasteiger partial charge in [0.1, 0.15) is 11.6 Å². The van der Waals surface area contributed by atoms with E-state index in [-0.39, 0.29) is 30.1 Å². The third-order valence-corrected chi connectivity index (χ3v) is 6.73. The number of esters is 1. The van der Waals surface area contributed by atoms with Crippen molar-refractivity contribution in [2.45, 2.75) is 58.3 Å². The molecule has 3 atom stereocenters. The Morgan fingerprint density at radius 3 is 2.78 bits per heavy atom. The summed E-state index contributed by atoms with van der Waals surface area (Å²) >= 11 is 5.95. The minimum Gasteiger partial charge on any atom is -0.463 e. The molecule has 1 fully saturated rings. The molecule has 0 bridgehead atoms. The van der Waals surface area contributed by atoms with Crippen molar-refractivity contribution in [3.8, 4) is 0 Å². The number of aliphatic hydroxyl groups is 1. The van der Waals surface area contributed by atoms with Gasteiger partial charge in [-0.25, -0.2) is 13.6 Å². The number of carbonyl (C=O) groups excluding carboxylic acids is 1. The molecule has 1 aliphatic heterocycles. The van der Waals surface area contributed by atoms with Crippen molar-refractivity contribution in [1.82, 2.24) is 4.90 Å². The predicted molar refractivity (Wildman–Crippen MR) is 137 cm³/mol. The largest absolute Gasteiger partial charge is 0.463 e. The van der Waals surface area contributed by atoms with Crippen LogP contribution in [0.4, 0.5) is 8.78 Å². The number of nitrogens with zero attached hydrogens (tertiary/aromatic N) is 1. The first-order chi connectivity index (χ1) is 17.2. The van der Waals surface area contributed by atoms with Crippen molar-refractivity contribution in [3.05, 3.63) is 75.3 Å². The van der Waals surface area contributed by atoms with Gasteiger partial charge in [-0.2, -0.15) is 0 Å². The topological polar surface area (TPSA) is 59.0 Å². The van der Waals surface area contributed by atoms with Gasteiger partial charge >= 0.3 is 5.97 Å². The monoisotopic (exact) mass is 521 g/mol. The van der Waals surface area contributed by atoms with Crippen molar-refractivity contribution in [2.24, 2.45) is 0 Å². The number of ether oxygens (including phenoxy) is 2. The van der Waals surface area contributed by atoms with Crippen LogP contribution in [-0.4, -0.2) is 54.4 Å². The molecule has 2 aromatic rings. The standard InChI is InChI=1S/C28H34ClF2NO4/c1-4-35-28(34)10-9-21-14-25(29)27(31)15-24(21)19(3)36-17-23(33)16-32-11-5-6-22(32)12-20-8-7-18(2)26(30)13-20/h7-10,13-15,19,22-23,33H,4-6,11-12,16-17H2,1-3H3/t19-,22+,23-/m1/s1. The normalized spacial score (nSPS) is 18.0. The third-order valence-electron chi connectivity index (χ3n) is 6.44. The van der Waals surface area contributed by atoms with E-state index < -0.39 is 24.0 Å². The molecule has 0 saturated carbocycles. The van der Waals surface area contributed by atoms with E-state index in [2.05, 4.69) is 4.90 Å². The summed E-state index contributed by atoms with van der Waals surface area (Å²) in [5.74, 6) is -1.31. The fourth-order valence-corrected chi connectivity index (χ4v) is 4.66. The maximum Gasteiger partial charge on any atom is 0.330 e. The number of β-amino-alcohol motifs (C(OH)–C–C–N with tert-alkyl or cyclic N) is 1. The van der Waals surface area contributed by atoms with Gasteiger partial charge in [0, 0.05) is 18.7 Å². The number of aliphatic hydroxyl groups excluding tert-OH is 1. The number of benzene rings is 2. The predicted octanol–water partition coefficient (Wildman–Crippen LogP) is 5.65. The molecule has 36 heavy (non-hydrogen) atoms. The number of aryl methyl sites for hydroxylation is 1. The molecular weight excluding hydrogens is 488 g/mol. The van der Waals surface area contributed by atoms with Crippen LogP contribution in [0.5, 0.6) is 0 Å². The molecule has 1 saturated heterocycles. The molecule has 0 aliphatic carbocycles. The van der Waals surface area contributed by atoms with Crippen LogP contribution >= 0.6 is 11.6 Å². The molecule has 1 aliphatic rings. The first-order valence-corrected chi connectivity index (χ1v) is 12.7. The molecule has 5 nitrogen and oxygen atoms in total. The zero-order chi connectivity index (χ0) is 26.2. The van der Waals surface area contributed by atoms with E-state index in [1.165, 1.54) is 24.3 Å². The Hall–Kier alpha value is -2.32. The first kappa shape index (κ1) is 28.3. The van der Waals surface area contributed by atoms with Crippen molar-refractivity contribution < 1.29 is 28.2 Å². The van der Waals surface area contributed by atoms with E-state index >= 15 is 0 Å². The highest BCUT2D eigenvalue weighted by Gasteiger charge is 2.27. The lowest BCUT2D eigenvalue weighted by molar-refractivity contribution is -0.137. The molecular formula is C28H34ClF2NO4. The fraction of sp³-hybridized carbons (Fsp3) is 0.464. The Balaban J connectivity index is 1.59. The van der Waals surface area contributed by atoms with E-state index in [4.69, 9.17) is 21.1 Å². The number of halogens is 3. The summed E-state index contributed by atoms with van der Waals surface area (Å²) in [5.41, 5.74) is 2.61. The van der Waals surface area contributed by atoms with Crippen molar-refractivity contribution in [3.63, 3.8) is 0 Å². The molecule has 2 aromatic carbocycles. The summed E-state index contributed by atoms with van der Waals surface area (Å²) in [7, 11) is 0. The summed E-state index contributed by atoms with van der Waals surface area (Å²) < 4.78 is 38.9. The molecule has 0 aromatic heterocycles. The van der Waals surface area contributed by atoms with Gasteiger partial charge in [0.15, 0.2) is 0 Å². The highest BCUT2D eigenvalue weighted by molar-refractivity contribution is 6.30. The van der Waals surface area contributed by atoms with E-state index in [1.807, 2.05) is 6.07 Å². The second-order valence-electron chi connectivity index (χ2n) is 9.19. The SMILES string of the molecule is CCOC(=O)C=Cc1cc(Cl)c(F)cc1[C@@H](C)OC[C@H](O)CN1CCC[C@H]1Cc1ccc(C)c(F)c1. The summed E-state index contributed by atoms with van der Waals surface area (Å²) in [6.07, 6.45) is 4.18. The van der Waals surface area contributed by atoms with Gasteiger partial charge in [-0.15, -0.1) is 0 Å². The van der Waals surface area contributed by atoms with Crippen LogP contribution in [0.2, 0.25) is 5.02 Å². The Morgan fingerprint density at radius 1 is 1.28 bits per heavy atom. The van der Waals surface area contributed by atoms with Gasteiger partial charge in [0.2, 0.25) is 0 Å². The van der Waals surface area contributed by atoms with E-state index in [1.54, 1.807) is 32.9 Å². The highest BCUT2D eigenvalue weighted by Crippen LogP contribution is 2.29. The average molecular weight is 522 g/mol. The van der Waals surface area contributed by atoms with Gasteiger partial charge in [0.25, 0.3) is 0 Å². The van der Waals surface area contributed by atoms with Gasteiger partial charge in [-0.05, 0) is 93.1 Å². The molecule has 0 unspecified atom stereocenters. The van der Waals surface area contributed by atoms with Crippen molar-refractivity contribution in [1.29, 1.82) is 0 Å². The molecule has 0 radical (unpaired) electrons. The van der Waals surface area contributed by atoms with Crippen LogP contribution in [0.1, 0.15) is 55.0 Å². The maximum absolute atomic E-state index is 14.2. The quantitative estimate of drug-likeness (QED) is 0.306. The van der Waals surface area contributed by atoms with Crippen molar-refractivity contribution >= 4 is 23.6 Å². The number of likely N-dealkylation sites (tertiary alicyclic amines) is 1. The molecule has 1 heterocycles. The Labute approximate surface area is 216 Å². The average Bonchev–Trinajstić information content (AvgIpc) is 3.26. The Morgan fingerprint density at radius 2 is 2.06 bits per heavy atom. The molecule has 0 amide bonds. The zero-order valence-corrected chi connectivity index (χ0v) is 21.7. The fourth-order valence-electron chi connectivity index (χ4n) is 4.49. The Kier molecular flexibility index (Phi) is 10.4. The molecule has 8 heteroatoms. The lowest BCUT2D eigenvalue weighted by atomic mass is 10.0. The van der Waals surface area contributed by atoms with Crippen LogP contribution < -0.4 is 0 Å². The molecule has 3 rings (SSSR count). The molecule has 0 spiro atoms. The maximum atomic E-state index is 14.2. The smallest absolute Gasteiger partial charge is 0.330 e. The van der Waals surface area contributed by atoms with E-state index in [0.717, 1.165) is 31.4 Å². The summed E-state index contributed by atoms with van der Waals surface area (Å²) in [4.78, 5) is 13.9. The lowest BCUT2D eigenvalue weighted by Gasteiger charge is -2.27. The third kappa shape index (κ3) is 7.84. The van der Waals surface area contributed by atoms with Crippen LogP contribution in [0.3, 0.4) is 0 Å². The number of hydrogen-bond donors (Lipinski definition) is 1. The second-order valence-corrected chi connectivity index (χ2v) is 9.60. The van der Waals surface area contributed by atoms with Crippen LogP contribution in [-0.2, 0) is 20.7 Å². The molecule has 1 N–H and O–H groups in total. The number of hydrogen-bond acceptors (Lipinski definition) is 5. The van der Waals surface area contributed by atoms with Crippen LogP contribution in [0.25, 0.3) is 6.08 Å². The van der Waals surface area contributed by atoms with Crippen LogP contribution in [0.15, 0.2) is 36.4 Å². The van der Waals surface area contributed by atoms with E-state index in [9.17, 15) is 18.7 Å². The molecule has 196 valence electrons. The first-order valence-electron chi connectivity index (χ1n) is 12.3.